The molecule has 0 N–H and O–H groups in total. The molecule has 3 heterocycles. The number of carbonyl (C=O) groups excluding carboxylic acids is 1. The Morgan fingerprint density at radius 2 is 2.00 bits per heavy atom. The second-order valence-corrected chi connectivity index (χ2v) is 13.2. The lowest BCUT2D eigenvalue weighted by Crippen LogP contribution is -2.44. The van der Waals surface area contributed by atoms with Crippen LogP contribution < -0.4 is 4.74 Å². The first-order chi connectivity index (χ1) is 14.6. The Bertz CT molecular complexity index is 891. The maximum Gasteiger partial charge on any atom is 0.410 e. The topological polar surface area (TPSA) is 78.7 Å². The molecule has 171 valence electrons. The zero-order valence-electron chi connectivity index (χ0n) is 19.0. The summed E-state index contributed by atoms with van der Waals surface area (Å²) in [6, 6.07) is 1.14. The molecule has 1 saturated heterocycles. The number of rotatable bonds is 7. The largest absolute Gasteiger partial charge is 0.473 e. The van der Waals surface area contributed by atoms with Crippen molar-refractivity contribution < 1.29 is 19.0 Å². The van der Waals surface area contributed by atoms with Crippen molar-refractivity contribution in [3.63, 3.8) is 0 Å². The fraction of sp³-hybridized carbons (Fsp3) is 0.667. The summed E-state index contributed by atoms with van der Waals surface area (Å²) in [6.45, 7) is 12.7. The van der Waals surface area contributed by atoms with Gasteiger partial charge in [0, 0.05) is 47.5 Å². The smallest absolute Gasteiger partial charge is 0.410 e. The van der Waals surface area contributed by atoms with Gasteiger partial charge < -0.3 is 23.7 Å². The highest BCUT2D eigenvalue weighted by Gasteiger charge is 2.28. The van der Waals surface area contributed by atoms with Gasteiger partial charge in [-0.2, -0.15) is 0 Å². The van der Waals surface area contributed by atoms with E-state index < -0.39 is 5.60 Å². The summed E-state index contributed by atoms with van der Waals surface area (Å²) in [6.07, 6.45) is 4.91. The van der Waals surface area contributed by atoms with E-state index in [1.165, 1.54) is 0 Å². The Morgan fingerprint density at radius 1 is 1.29 bits per heavy atom. The summed E-state index contributed by atoms with van der Waals surface area (Å²) < 4.78 is 20.4. The van der Waals surface area contributed by atoms with Gasteiger partial charge in [-0.05, 0) is 49.4 Å². The van der Waals surface area contributed by atoms with Crippen LogP contribution in [0.15, 0.2) is 12.4 Å². The van der Waals surface area contributed by atoms with Gasteiger partial charge in [0.15, 0.2) is 5.65 Å². The predicted octanol–water partition coefficient (Wildman–Crippen LogP) is 4.54. The van der Waals surface area contributed by atoms with Crippen LogP contribution in [0.5, 0.6) is 5.88 Å². The molecule has 0 spiro atoms. The Balaban J connectivity index is 1.56. The van der Waals surface area contributed by atoms with Crippen molar-refractivity contribution in [1.82, 2.24) is 19.4 Å². The highest BCUT2D eigenvalue weighted by atomic mass is 127. The van der Waals surface area contributed by atoms with Gasteiger partial charge >= 0.3 is 6.09 Å². The molecule has 0 aromatic carbocycles. The fourth-order valence-electron chi connectivity index (χ4n) is 3.24. The van der Waals surface area contributed by atoms with Crippen LogP contribution in [0.4, 0.5) is 4.79 Å². The quantitative estimate of drug-likeness (QED) is 0.282. The molecule has 1 amide bonds. The van der Waals surface area contributed by atoms with Gasteiger partial charge in [-0.25, -0.2) is 14.8 Å². The summed E-state index contributed by atoms with van der Waals surface area (Å²) in [5.74, 6) is 0.518. The van der Waals surface area contributed by atoms with Gasteiger partial charge in [0.25, 0.3) is 0 Å². The van der Waals surface area contributed by atoms with E-state index in [1.54, 1.807) is 11.1 Å². The molecule has 0 atom stereocenters. The molecule has 8 nitrogen and oxygen atoms in total. The van der Waals surface area contributed by atoms with Crippen molar-refractivity contribution in [2.75, 3.05) is 19.7 Å². The molecule has 31 heavy (non-hydrogen) atoms. The molecule has 1 fully saturated rings. The Morgan fingerprint density at radius 3 is 2.65 bits per heavy atom. The number of carbonyl (C=O) groups is 1. The molecule has 1 aliphatic heterocycles. The Kier molecular flexibility index (Phi) is 8.19. The number of aromatic nitrogens is 3. The van der Waals surface area contributed by atoms with E-state index in [1.807, 2.05) is 31.5 Å². The van der Waals surface area contributed by atoms with Gasteiger partial charge in [0.1, 0.15) is 24.0 Å². The number of ether oxygens (including phenoxy) is 3. The molecule has 1 aliphatic rings. The van der Waals surface area contributed by atoms with Crippen molar-refractivity contribution in [3.05, 3.63) is 16.0 Å². The minimum absolute atomic E-state index is 0.00704. The van der Waals surface area contributed by atoms with Crippen LogP contribution in [0.3, 0.4) is 0 Å². The maximum atomic E-state index is 12.2. The summed E-state index contributed by atoms with van der Waals surface area (Å²) in [5.41, 5.74) is 1.14. The van der Waals surface area contributed by atoms with E-state index in [-0.39, 0.29) is 21.0 Å². The molecule has 0 unspecified atom stereocenters. The monoisotopic (exact) mass is 559 g/mol. The van der Waals surface area contributed by atoms with Crippen molar-refractivity contribution in [2.45, 2.75) is 71.2 Å². The van der Waals surface area contributed by atoms with E-state index in [9.17, 15) is 4.79 Å². The predicted molar refractivity (Wildman–Crippen MR) is 130 cm³/mol. The number of fused-ring (bicyclic) bond motifs is 1. The molecular weight excluding hydrogens is 527 g/mol. The summed E-state index contributed by atoms with van der Waals surface area (Å²) in [4.78, 5) is 23.2. The first-order valence-electron chi connectivity index (χ1n) is 10.6. The van der Waals surface area contributed by atoms with E-state index >= 15 is 0 Å². The van der Waals surface area contributed by atoms with E-state index in [4.69, 9.17) is 14.2 Å². The van der Waals surface area contributed by atoms with Crippen molar-refractivity contribution >= 4 is 48.6 Å². The first kappa shape index (κ1) is 24.2. The normalized spacial score (nSPS) is 15.6. The average Bonchev–Trinajstić information content (AvgIpc) is 2.99. The first-order valence-corrected chi connectivity index (χ1v) is 14.4. The molecule has 3 rings (SSSR count). The second-order valence-electron chi connectivity index (χ2n) is 9.11. The van der Waals surface area contributed by atoms with Gasteiger partial charge in [-0.3, -0.25) is 0 Å². The highest BCUT2D eigenvalue weighted by Crippen LogP contribution is 2.24. The van der Waals surface area contributed by atoms with Crippen LogP contribution in [0.25, 0.3) is 11.2 Å². The van der Waals surface area contributed by atoms with Crippen molar-refractivity contribution in [2.24, 2.45) is 0 Å². The lowest BCUT2D eigenvalue weighted by atomic mass is 10.1. The van der Waals surface area contributed by atoms with E-state index in [0.717, 1.165) is 40.2 Å². The molecule has 2 aromatic heterocycles. The number of piperidine rings is 1. The minimum Gasteiger partial charge on any atom is -0.473 e. The van der Waals surface area contributed by atoms with Gasteiger partial charge in [-0.1, -0.05) is 13.1 Å². The third kappa shape index (κ3) is 7.04. The lowest BCUT2D eigenvalue weighted by Gasteiger charge is -2.33. The van der Waals surface area contributed by atoms with Crippen LogP contribution >= 0.6 is 22.6 Å². The van der Waals surface area contributed by atoms with Crippen LogP contribution in [0.2, 0.25) is 19.1 Å². The van der Waals surface area contributed by atoms with E-state index in [0.29, 0.717) is 25.7 Å². The highest BCUT2D eigenvalue weighted by molar-refractivity contribution is 14.1. The number of amides is 1. The summed E-state index contributed by atoms with van der Waals surface area (Å²) >= 11 is 2.27. The van der Waals surface area contributed by atoms with Gasteiger partial charge in [0.2, 0.25) is 5.88 Å². The Labute approximate surface area is 199 Å². The molecule has 10 heteroatoms. The SMILES string of the molecule is C[Si](C)CCOCn1cc(I)c2nc(OC3CCN(C(=O)OC(C)(C)C)CC3)cnc21. The van der Waals surface area contributed by atoms with Crippen LogP contribution in [-0.4, -0.2) is 65.7 Å². The minimum atomic E-state index is -0.482. The van der Waals surface area contributed by atoms with Crippen LogP contribution in [0.1, 0.15) is 33.6 Å². The molecular formula is C21H32IN4O4Si. The lowest BCUT2D eigenvalue weighted by molar-refractivity contribution is 0.0123. The molecule has 1 radical (unpaired) electrons. The summed E-state index contributed by atoms with van der Waals surface area (Å²) in [5, 5.41) is 0. The maximum absolute atomic E-state index is 12.2. The fourth-order valence-corrected chi connectivity index (χ4v) is 4.49. The molecule has 0 bridgehead atoms. The standard InChI is InChI=1S/C21H32IN4O4Si/c1-21(2,3)30-20(27)25-8-6-15(7-9-25)29-17-12-23-19-18(24-17)16(22)13-26(19)14-28-10-11-31(4)5/h12-13,15H,6-11,14H2,1-5H3. The number of likely N-dealkylation sites (tertiary alicyclic amines) is 1. The van der Waals surface area contributed by atoms with Gasteiger partial charge in [-0.15, -0.1) is 0 Å². The van der Waals surface area contributed by atoms with Crippen molar-refractivity contribution in [1.29, 1.82) is 0 Å². The molecule has 0 aliphatic carbocycles. The number of halogens is 1. The zero-order valence-corrected chi connectivity index (χ0v) is 22.1. The van der Waals surface area contributed by atoms with E-state index in [2.05, 4.69) is 45.7 Å². The number of nitrogens with zero attached hydrogens (tertiary/aromatic N) is 4. The molecule has 0 saturated carbocycles. The average molecular weight is 560 g/mol. The van der Waals surface area contributed by atoms with Crippen LogP contribution in [0, 0.1) is 3.57 Å². The van der Waals surface area contributed by atoms with Crippen molar-refractivity contribution in [3.8, 4) is 5.88 Å². The second kappa shape index (κ2) is 10.5. The third-order valence-corrected chi connectivity index (χ3v) is 6.85. The van der Waals surface area contributed by atoms with Gasteiger partial charge in [0.05, 0.1) is 9.77 Å². The Hall–Kier alpha value is -1.40. The number of hydrogen-bond acceptors (Lipinski definition) is 6. The molecule has 2 aromatic rings. The summed E-state index contributed by atoms with van der Waals surface area (Å²) in [7, 11) is -0.270. The number of hydrogen-bond donors (Lipinski definition) is 0. The third-order valence-electron chi connectivity index (χ3n) is 4.86. The van der Waals surface area contributed by atoms with Crippen LogP contribution in [-0.2, 0) is 16.2 Å². The zero-order chi connectivity index (χ0) is 22.6.